The molecule has 0 saturated carbocycles. The van der Waals surface area contributed by atoms with Gasteiger partial charge in [0, 0.05) is 42.9 Å². The van der Waals surface area contributed by atoms with Gasteiger partial charge in [0.2, 0.25) is 0 Å². The molecule has 0 radical (unpaired) electrons. The van der Waals surface area contributed by atoms with Gasteiger partial charge in [-0.05, 0) is 59.5 Å². The van der Waals surface area contributed by atoms with Crippen LogP contribution in [0, 0.1) is 0 Å². The molecule has 6 heteroatoms. The lowest BCUT2D eigenvalue weighted by Crippen LogP contribution is -2.30. The molecule has 1 saturated heterocycles. The van der Waals surface area contributed by atoms with E-state index in [0.717, 1.165) is 60.4 Å². The predicted molar refractivity (Wildman–Crippen MR) is 153 cm³/mol. The maximum Gasteiger partial charge on any atom is 0.163 e. The lowest BCUT2D eigenvalue weighted by Gasteiger charge is -2.24. The van der Waals surface area contributed by atoms with Crippen LogP contribution in [0.25, 0.3) is 12.2 Å². The highest BCUT2D eigenvalue weighted by Gasteiger charge is 2.16. The van der Waals surface area contributed by atoms with Crippen molar-refractivity contribution in [3.63, 3.8) is 0 Å². The quantitative estimate of drug-likeness (QED) is 0.253. The van der Waals surface area contributed by atoms with Crippen LogP contribution >= 0.6 is 15.9 Å². The fourth-order valence-electron chi connectivity index (χ4n) is 4.32. The molecule has 0 aromatic heterocycles. The summed E-state index contributed by atoms with van der Waals surface area (Å²) in [7, 11) is 0. The van der Waals surface area contributed by atoms with Crippen LogP contribution in [-0.4, -0.2) is 47.8 Å². The van der Waals surface area contributed by atoms with E-state index in [1.165, 1.54) is 17.7 Å². The average Bonchev–Trinajstić information content (AvgIpc) is 3.14. The van der Waals surface area contributed by atoms with Crippen molar-refractivity contribution in [2.75, 3.05) is 31.1 Å². The minimum Gasteiger partial charge on any atom is -0.508 e. The molecule has 0 bridgehead atoms. The number of phenolic OH excluding ortho intramolecular Hbond substituents is 1. The Hall–Kier alpha value is -3.48. The number of phenols is 1. The zero-order chi connectivity index (χ0) is 26.0. The van der Waals surface area contributed by atoms with Gasteiger partial charge in [-0.2, -0.15) is 0 Å². The molecule has 0 aliphatic carbocycles. The number of anilines is 1. The van der Waals surface area contributed by atoms with E-state index >= 15 is 0 Å². The van der Waals surface area contributed by atoms with E-state index in [9.17, 15) is 14.7 Å². The summed E-state index contributed by atoms with van der Waals surface area (Å²) in [5, 5.41) is 9.32. The van der Waals surface area contributed by atoms with Crippen LogP contribution in [0.3, 0.4) is 0 Å². The average molecular weight is 560 g/mol. The van der Waals surface area contributed by atoms with Gasteiger partial charge in [0.15, 0.2) is 11.6 Å². The van der Waals surface area contributed by atoms with Gasteiger partial charge < -0.3 is 10.0 Å². The van der Waals surface area contributed by atoms with Crippen molar-refractivity contribution in [1.29, 1.82) is 0 Å². The molecule has 1 heterocycles. The smallest absolute Gasteiger partial charge is 0.163 e. The number of nitrogens with zero attached hydrogens (tertiary/aromatic N) is 2. The van der Waals surface area contributed by atoms with Gasteiger partial charge in [-0.25, -0.2) is 0 Å². The molecular weight excluding hydrogens is 528 g/mol. The van der Waals surface area contributed by atoms with Gasteiger partial charge in [0.1, 0.15) is 5.75 Å². The van der Waals surface area contributed by atoms with E-state index in [1.54, 1.807) is 36.4 Å². The summed E-state index contributed by atoms with van der Waals surface area (Å²) in [5.74, 6) is -0.345. The summed E-state index contributed by atoms with van der Waals surface area (Å²) >= 11 is 3.65. The van der Waals surface area contributed by atoms with Crippen molar-refractivity contribution in [3.05, 3.63) is 106 Å². The van der Waals surface area contributed by atoms with E-state index in [4.69, 9.17) is 0 Å². The van der Waals surface area contributed by atoms with Gasteiger partial charge in [-0.15, -0.1) is 0 Å². The third-order valence-corrected chi connectivity index (χ3v) is 7.03. The number of hydrogen-bond acceptors (Lipinski definition) is 5. The normalized spacial score (nSPS) is 14.8. The molecule has 5 nitrogen and oxygen atoms in total. The largest absolute Gasteiger partial charge is 0.508 e. The highest BCUT2D eigenvalue weighted by Crippen LogP contribution is 2.26. The maximum absolute atomic E-state index is 12.3. The SMILES string of the molecule is O=C(C=Cc1ccc(O)cc1)CC(=O)C=Cc1ccc(N2CCCN(Cc3ccccc3)CC2)cc1Br. The summed E-state index contributed by atoms with van der Waals surface area (Å²) in [4.78, 5) is 29.4. The first kappa shape index (κ1) is 26.6. The van der Waals surface area contributed by atoms with E-state index in [0.29, 0.717) is 0 Å². The summed E-state index contributed by atoms with van der Waals surface area (Å²) in [6.45, 7) is 5.04. The lowest BCUT2D eigenvalue weighted by atomic mass is 10.1. The molecule has 1 fully saturated rings. The van der Waals surface area contributed by atoms with Crippen molar-refractivity contribution < 1.29 is 14.7 Å². The van der Waals surface area contributed by atoms with Crippen LogP contribution in [0.1, 0.15) is 29.5 Å². The van der Waals surface area contributed by atoms with Gasteiger partial charge >= 0.3 is 0 Å². The molecule has 190 valence electrons. The Kier molecular flexibility index (Phi) is 9.46. The van der Waals surface area contributed by atoms with Crippen molar-refractivity contribution >= 4 is 45.3 Å². The van der Waals surface area contributed by atoms with Crippen LogP contribution in [0.5, 0.6) is 5.75 Å². The van der Waals surface area contributed by atoms with E-state index in [-0.39, 0.29) is 23.7 Å². The Morgan fingerprint density at radius 2 is 1.57 bits per heavy atom. The first-order valence-corrected chi connectivity index (χ1v) is 13.3. The number of allylic oxidation sites excluding steroid dienone is 2. The number of carbonyl (C=O) groups is 2. The topological polar surface area (TPSA) is 60.9 Å². The molecular formula is C31H31BrN2O3. The molecule has 0 amide bonds. The zero-order valence-electron chi connectivity index (χ0n) is 20.7. The molecule has 0 unspecified atom stereocenters. The molecule has 0 atom stereocenters. The van der Waals surface area contributed by atoms with Crippen molar-refractivity contribution in [2.45, 2.75) is 19.4 Å². The Morgan fingerprint density at radius 1 is 0.838 bits per heavy atom. The summed E-state index contributed by atoms with van der Waals surface area (Å²) < 4.78 is 0.915. The molecule has 1 aliphatic heterocycles. The maximum atomic E-state index is 12.3. The summed E-state index contributed by atoms with van der Waals surface area (Å²) in [5.41, 5.74) is 4.18. The van der Waals surface area contributed by atoms with Crippen LogP contribution < -0.4 is 4.90 Å². The van der Waals surface area contributed by atoms with Gasteiger partial charge in [0.05, 0.1) is 6.42 Å². The summed E-state index contributed by atoms with van der Waals surface area (Å²) in [6, 6.07) is 23.3. The Morgan fingerprint density at radius 3 is 2.30 bits per heavy atom. The minimum absolute atomic E-state index is 0.167. The lowest BCUT2D eigenvalue weighted by molar-refractivity contribution is -0.121. The second-order valence-electron chi connectivity index (χ2n) is 9.18. The standard InChI is InChI=1S/C31H31BrN2O3/c32-31-21-27(34-18-4-17-33(19-20-34)23-25-5-2-1-3-6-25)12-10-26(31)11-16-30(37)22-29(36)15-9-24-7-13-28(35)14-8-24/h1-3,5-16,21,35H,4,17-20,22-23H2. The summed E-state index contributed by atoms with van der Waals surface area (Å²) in [6.07, 6.45) is 7.16. The second-order valence-corrected chi connectivity index (χ2v) is 10.0. The van der Waals surface area contributed by atoms with E-state index in [1.807, 2.05) is 6.07 Å². The number of rotatable bonds is 9. The molecule has 1 N–H and O–H groups in total. The highest BCUT2D eigenvalue weighted by molar-refractivity contribution is 9.10. The molecule has 0 spiro atoms. The van der Waals surface area contributed by atoms with Crippen LogP contribution in [-0.2, 0) is 16.1 Å². The number of carbonyl (C=O) groups excluding carboxylic acids is 2. The third-order valence-electron chi connectivity index (χ3n) is 6.34. The molecule has 4 rings (SSSR count). The molecule has 37 heavy (non-hydrogen) atoms. The number of aromatic hydroxyl groups is 1. The number of benzene rings is 3. The first-order chi connectivity index (χ1) is 18.0. The third kappa shape index (κ3) is 8.27. The first-order valence-electron chi connectivity index (χ1n) is 12.5. The Bertz CT molecular complexity index is 1270. The number of ketones is 2. The van der Waals surface area contributed by atoms with Gasteiger partial charge in [-0.3, -0.25) is 14.5 Å². The van der Waals surface area contributed by atoms with E-state index in [2.05, 4.69) is 68.2 Å². The number of hydrogen-bond donors (Lipinski definition) is 1. The van der Waals surface area contributed by atoms with Crippen molar-refractivity contribution in [1.82, 2.24) is 4.90 Å². The Balaban J connectivity index is 1.29. The second kappa shape index (κ2) is 13.2. The molecule has 1 aliphatic rings. The van der Waals surface area contributed by atoms with Crippen molar-refractivity contribution in [2.24, 2.45) is 0 Å². The van der Waals surface area contributed by atoms with Gasteiger partial charge in [-0.1, -0.05) is 76.6 Å². The van der Waals surface area contributed by atoms with Crippen LogP contribution in [0.15, 0.2) is 89.4 Å². The number of halogens is 1. The highest BCUT2D eigenvalue weighted by atomic mass is 79.9. The zero-order valence-corrected chi connectivity index (χ0v) is 22.3. The predicted octanol–water partition coefficient (Wildman–Crippen LogP) is 6.12. The molecule has 3 aromatic rings. The molecule has 3 aromatic carbocycles. The van der Waals surface area contributed by atoms with E-state index < -0.39 is 0 Å². The van der Waals surface area contributed by atoms with Crippen molar-refractivity contribution in [3.8, 4) is 5.75 Å². The monoisotopic (exact) mass is 558 g/mol. The fourth-order valence-corrected chi connectivity index (χ4v) is 4.82. The van der Waals surface area contributed by atoms with Crippen LogP contribution in [0.2, 0.25) is 0 Å². The fraction of sp³-hybridized carbons (Fsp3) is 0.226. The van der Waals surface area contributed by atoms with Crippen LogP contribution in [0.4, 0.5) is 5.69 Å². The Labute approximate surface area is 226 Å². The minimum atomic E-state index is -0.264. The van der Waals surface area contributed by atoms with Gasteiger partial charge in [0.25, 0.3) is 0 Å².